The highest BCUT2D eigenvalue weighted by atomic mass is 32.2. The maximum atomic E-state index is 13.2. The van der Waals surface area contributed by atoms with Crippen LogP contribution in [0.4, 0.5) is 5.82 Å². The molecule has 6 nitrogen and oxygen atoms in total. The predicted molar refractivity (Wildman–Crippen MR) is 113 cm³/mol. The number of carbonyl (C=O) groups is 1. The van der Waals surface area contributed by atoms with Crippen molar-refractivity contribution in [1.29, 1.82) is 0 Å². The molecule has 4 heterocycles. The number of nitrogens with zero attached hydrogens (tertiary/aromatic N) is 4. The van der Waals surface area contributed by atoms with E-state index in [-0.39, 0.29) is 11.5 Å². The van der Waals surface area contributed by atoms with Crippen molar-refractivity contribution in [3.05, 3.63) is 57.9 Å². The molecule has 0 bridgehead atoms. The highest BCUT2D eigenvalue weighted by Gasteiger charge is 2.32. The SMILES string of the molecule is C=CCN1C(=O)C(=Cc2c(N3CCCC3)nc3ccccn3c2=O)SC1=S. The van der Waals surface area contributed by atoms with E-state index in [0.717, 1.165) is 25.9 Å². The summed E-state index contributed by atoms with van der Waals surface area (Å²) < 4.78 is 1.98. The van der Waals surface area contributed by atoms with Crippen molar-refractivity contribution < 1.29 is 4.79 Å². The second-order valence-electron chi connectivity index (χ2n) is 6.36. The van der Waals surface area contributed by atoms with Gasteiger partial charge in [0.25, 0.3) is 11.5 Å². The number of anilines is 1. The average Bonchev–Trinajstić information content (AvgIpc) is 3.29. The summed E-state index contributed by atoms with van der Waals surface area (Å²) >= 11 is 6.50. The Morgan fingerprint density at radius 1 is 1.26 bits per heavy atom. The monoisotopic (exact) mass is 398 g/mol. The number of aromatic nitrogens is 2. The number of hydrogen-bond donors (Lipinski definition) is 0. The summed E-state index contributed by atoms with van der Waals surface area (Å²) in [5.41, 5.74) is 0.844. The van der Waals surface area contributed by atoms with E-state index in [2.05, 4.69) is 11.5 Å². The molecule has 0 atom stereocenters. The molecule has 27 heavy (non-hydrogen) atoms. The van der Waals surface area contributed by atoms with Crippen molar-refractivity contribution in [3.8, 4) is 0 Å². The Kier molecular flexibility index (Phi) is 4.84. The molecular formula is C19H18N4O2S2. The van der Waals surface area contributed by atoms with Crippen LogP contribution in [0.25, 0.3) is 11.7 Å². The predicted octanol–water partition coefficient (Wildman–Crippen LogP) is 2.68. The van der Waals surface area contributed by atoms with Crippen molar-refractivity contribution in [1.82, 2.24) is 14.3 Å². The van der Waals surface area contributed by atoms with Gasteiger partial charge < -0.3 is 4.90 Å². The minimum absolute atomic E-state index is 0.184. The zero-order chi connectivity index (χ0) is 19.0. The third kappa shape index (κ3) is 3.19. The standard InChI is InChI=1S/C19H18N4O2S2/c1-2-8-23-18(25)14(27-19(23)26)12-13-16(21-9-5-6-10-21)20-15-7-3-4-11-22(15)17(13)24/h2-4,7,11-12H,1,5-6,8-10H2. The molecule has 2 aliphatic heterocycles. The summed E-state index contributed by atoms with van der Waals surface area (Å²) in [7, 11) is 0. The fourth-order valence-electron chi connectivity index (χ4n) is 3.30. The van der Waals surface area contributed by atoms with Gasteiger partial charge >= 0.3 is 0 Å². The van der Waals surface area contributed by atoms with Crippen molar-refractivity contribution in [2.24, 2.45) is 0 Å². The third-order valence-corrected chi connectivity index (χ3v) is 5.99. The molecule has 0 aromatic carbocycles. The summed E-state index contributed by atoms with van der Waals surface area (Å²) in [4.78, 5) is 34.6. The second-order valence-corrected chi connectivity index (χ2v) is 8.03. The quantitative estimate of drug-likeness (QED) is 0.448. The highest BCUT2D eigenvalue weighted by molar-refractivity contribution is 8.26. The molecule has 0 radical (unpaired) electrons. The van der Waals surface area contributed by atoms with E-state index in [1.165, 1.54) is 21.1 Å². The molecule has 0 aliphatic carbocycles. The number of rotatable bonds is 4. The van der Waals surface area contributed by atoms with Gasteiger partial charge in [0.05, 0.1) is 10.5 Å². The molecule has 2 aromatic heterocycles. The molecule has 1 amide bonds. The Balaban J connectivity index is 1.87. The smallest absolute Gasteiger partial charge is 0.267 e. The third-order valence-electron chi connectivity index (χ3n) is 4.62. The summed E-state index contributed by atoms with van der Waals surface area (Å²) in [6.45, 7) is 5.73. The van der Waals surface area contributed by atoms with Crippen LogP contribution in [0.2, 0.25) is 0 Å². The number of pyridine rings is 1. The van der Waals surface area contributed by atoms with Gasteiger partial charge in [-0.25, -0.2) is 4.98 Å². The first-order valence-electron chi connectivity index (χ1n) is 8.73. The van der Waals surface area contributed by atoms with Crippen LogP contribution in [-0.4, -0.2) is 44.1 Å². The number of thiocarbonyl (C=S) groups is 1. The van der Waals surface area contributed by atoms with Crippen molar-refractivity contribution >= 4 is 51.7 Å². The van der Waals surface area contributed by atoms with E-state index >= 15 is 0 Å². The van der Waals surface area contributed by atoms with Crippen LogP contribution in [0.5, 0.6) is 0 Å². The maximum absolute atomic E-state index is 13.2. The molecule has 2 saturated heterocycles. The van der Waals surface area contributed by atoms with Crippen LogP contribution in [0.1, 0.15) is 18.4 Å². The van der Waals surface area contributed by atoms with Crippen molar-refractivity contribution in [3.63, 3.8) is 0 Å². The Hall–Kier alpha value is -2.45. The lowest BCUT2D eigenvalue weighted by molar-refractivity contribution is -0.121. The van der Waals surface area contributed by atoms with E-state index in [0.29, 0.717) is 32.8 Å². The fourth-order valence-corrected chi connectivity index (χ4v) is 4.56. The molecule has 2 fully saturated rings. The molecule has 0 unspecified atom stereocenters. The van der Waals surface area contributed by atoms with Crippen LogP contribution in [0.15, 0.2) is 46.8 Å². The van der Waals surface area contributed by atoms with E-state index < -0.39 is 0 Å². The van der Waals surface area contributed by atoms with Gasteiger partial charge in [-0.3, -0.25) is 18.9 Å². The summed E-state index contributed by atoms with van der Waals surface area (Å²) in [6, 6.07) is 5.46. The van der Waals surface area contributed by atoms with Gasteiger partial charge in [-0.15, -0.1) is 6.58 Å². The molecule has 2 aliphatic rings. The summed E-state index contributed by atoms with van der Waals surface area (Å²) in [6.07, 6.45) is 7.10. The number of carbonyl (C=O) groups excluding carboxylic acids is 1. The fraction of sp³-hybridized carbons (Fsp3) is 0.263. The van der Waals surface area contributed by atoms with Gasteiger partial charge in [-0.2, -0.15) is 0 Å². The van der Waals surface area contributed by atoms with Crippen molar-refractivity contribution in [2.75, 3.05) is 24.5 Å². The number of thioether (sulfide) groups is 1. The zero-order valence-corrected chi connectivity index (χ0v) is 16.3. The second kappa shape index (κ2) is 7.28. The van der Waals surface area contributed by atoms with Gasteiger partial charge in [-0.1, -0.05) is 36.1 Å². The number of amides is 1. The Morgan fingerprint density at radius 2 is 2.04 bits per heavy atom. The van der Waals surface area contributed by atoms with Crippen LogP contribution in [-0.2, 0) is 4.79 Å². The first kappa shape index (κ1) is 17.9. The Morgan fingerprint density at radius 3 is 2.78 bits per heavy atom. The van der Waals surface area contributed by atoms with E-state index in [1.807, 2.05) is 12.1 Å². The lowest BCUT2D eigenvalue weighted by atomic mass is 10.2. The van der Waals surface area contributed by atoms with Gasteiger partial charge in [0, 0.05) is 25.8 Å². The van der Waals surface area contributed by atoms with E-state index in [4.69, 9.17) is 17.2 Å². The summed E-state index contributed by atoms with van der Waals surface area (Å²) in [5, 5.41) is 0. The largest absolute Gasteiger partial charge is 0.356 e. The van der Waals surface area contributed by atoms with E-state index in [9.17, 15) is 9.59 Å². The normalized spacial score (nSPS) is 18.9. The maximum Gasteiger partial charge on any atom is 0.267 e. The van der Waals surface area contributed by atoms with Crippen LogP contribution >= 0.6 is 24.0 Å². The molecule has 0 N–H and O–H groups in total. The molecule has 2 aromatic rings. The van der Waals surface area contributed by atoms with Crippen molar-refractivity contribution in [2.45, 2.75) is 12.8 Å². The molecular weight excluding hydrogens is 380 g/mol. The first-order chi connectivity index (χ1) is 13.1. The van der Waals surface area contributed by atoms with Gasteiger partial charge in [0.15, 0.2) is 0 Å². The molecule has 0 saturated carbocycles. The van der Waals surface area contributed by atoms with Crippen LogP contribution in [0.3, 0.4) is 0 Å². The van der Waals surface area contributed by atoms with Crippen LogP contribution < -0.4 is 10.5 Å². The molecule has 4 rings (SSSR count). The number of fused-ring (bicyclic) bond motifs is 1. The van der Waals surface area contributed by atoms with Gasteiger partial charge in [0.1, 0.15) is 15.8 Å². The van der Waals surface area contributed by atoms with E-state index in [1.54, 1.807) is 24.4 Å². The summed E-state index contributed by atoms with van der Waals surface area (Å²) in [5.74, 6) is 0.438. The molecule has 138 valence electrons. The van der Waals surface area contributed by atoms with Gasteiger partial charge in [-0.05, 0) is 31.1 Å². The van der Waals surface area contributed by atoms with Crippen LogP contribution in [0, 0.1) is 0 Å². The molecule has 8 heteroatoms. The Bertz CT molecular complexity index is 1040. The minimum atomic E-state index is -0.199. The topological polar surface area (TPSA) is 57.9 Å². The van der Waals surface area contributed by atoms with Gasteiger partial charge in [0.2, 0.25) is 0 Å². The zero-order valence-electron chi connectivity index (χ0n) is 14.6. The Labute approximate surface area is 166 Å². The highest BCUT2D eigenvalue weighted by Crippen LogP contribution is 2.33. The first-order valence-corrected chi connectivity index (χ1v) is 9.95. The average molecular weight is 399 g/mol. The number of hydrogen-bond acceptors (Lipinski definition) is 6. The minimum Gasteiger partial charge on any atom is -0.356 e. The lowest BCUT2D eigenvalue weighted by Gasteiger charge is -2.19. The molecule has 0 spiro atoms. The lowest BCUT2D eigenvalue weighted by Crippen LogP contribution is -2.28.